The van der Waals surface area contributed by atoms with E-state index in [2.05, 4.69) is 15.9 Å². The quantitative estimate of drug-likeness (QED) is 0.584. The van der Waals surface area contributed by atoms with Crippen molar-refractivity contribution in [1.82, 2.24) is 0 Å². The summed E-state index contributed by atoms with van der Waals surface area (Å²) in [4.78, 5) is 0.201. The minimum Gasteiger partial charge on any atom is -0.262 e. The highest BCUT2D eigenvalue weighted by molar-refractivity contribution is 9.10. The topological polar surface area (TPSA) is 71.5 Å². The van der Waals surface area contributed by atoms with Crippen LogP contribution in [0.5, 0.6) is 0 Å². The van der Waals surface area contributed by atoms with Crippen molar-refractivity contribution in [3.8, 4) is 0 Å². The zero-order valence-electron chi connectivity index (χ0n) is 16.1. The lowest BCUT2D eigenvalue weighted by atomic mass is 9.70. The lowest BCUT2D eigenvalue weighted by Crippen LogP contribution is -2.52. The molecule has 2 aliphatic heterocycles. The molecule has 0 N–H and O–H groups in total. The number of hydrogen-bond donors (Lipinski definition) is 0. The van der Waals surface area contributed by atoms with E-state index in [0.29, 0.717) is 23.6 Å². The third-order valence-corrected chi connectivity index (χ3v) is 10.9. The second-order valence-electron chi connectivity index (χ2n) is 8.51. The smallest absolute Gasteiger partial charge is 0.262 e. The highest BCUT2D eigenvalue weighted by atomic mass is 79.9. The molecule has 2 aromatic rings. The van der Waals surface area contributed by atoms with Gasteiger partial charge in [0.25, 0.3) is 10.0 Å². The van der Waals surface area contributed by atoms with E-state index in [1.807, 2.05) is 18.2 Å². The second-order valence-corrected chi connectivity index (χ2v) is 14.0. The van der Waals surface area contributed by atoms with Crippen LogP contribution in [0, 0.1) is 5.92 Å². The summed E-state index contributed by atoms with van der Waals surface area (Å²) >= 11 is 9.51. The number of fused-ring (bicyclic) bond motifs is 2. The zero-order valence-corrected chi connectivity index (χ0v) is 20.1. The predicted molar refractivity (Wildman–Crippen MR) is 121 cm³/mol. The number of benzene rings is 2. The summed E-state index contributed by atoms with van der Waals surface area (Å²) in [6.45, 7) is 0. The van der Waals surface area contributed by atoms with E-state index >= 15 is 0 Å². The molecule has 5 nitrogen and oxygen atoms in total. The first kappa shape index (κ1) is 20.8. The van der Waals surface area contributed by atoms with Crippen molar-refractivity contribution in [3.63, 3.8) is 0 Å². The molecule has 0 bridgehead atoms. The van der Waals surface area contributed by atoms with E-state index in [9.17, 15) is 16.8 Å². The molecule has 2 fully saturated rings. The molecule has 1 aliphatic carbocycles. The third-order valence-electron chi connectivity index (χ3n) is 6.71. The molecule has 1 saturated heterocycles. The molecule has 160 valence electrons. The van der Waals surface area contributed by atoms with E-state index in [0.717, 1.165) is 22.9 Å². The van der Waals surface area contributed by atoms with Gasteiger partial charge in [-0.05, 0) is 79.6 Å². The van der Waals surface area contributed by atoms with Gasteiger partial charge in [-0.2, -0.15) is 0 Å². The Morgan fingerprint density at radius 3 is 2.27 bits per heavy atom. The van der Waals surface area contributed by atoms with Gasteiger partial charge >= 0.3 is 0 Å². The zero-order chi connectivity index (χ0) is 21.3. The number of sulfonamides is 1. The van der Waals surface area contributed by atoms with Gasteiger partial charge in [-0.25, -0.2) is 16.8 Å². The maximum absolute atomic E-state index is 13.8. The van der Waals surface area contributed by atoms with Crippen LogP contribution in [0.25, 0.3) is 0 Å². The van der Waals surface area contributed by atoms with Crippen LogP contribution in [-0.4, -0.2) is 34.4 Å². The fourth-order valence-electron chi connectivity index (χ4n) is 5.15. The van der Waals surface area contributed by atoms with Gasteiger partial charge in [-0.3, -0.25) is 4.31 Å². The normalized spacial score (nSPS) is 24.7. The van der Waals surface area contributed by atoms with Crippen molar-refractivity contribution >= 4 is 53.1 Å². The predicted octanol–water partition coefficient (Wildman–Crippen LogP) is 4.54. The lowest BCUT2D eigenvalue weighted by Gasteiger charge is -2.41. The Morgan fingerprint density at radius 2 is 1.67 bits per heavy atom. The molecule has 0 aromatic heterocycles. The van der Waals surface area contributed by atoms with E-state index in [-0.39, 0.29) is 28.4 Å². The molecule has 3 aliphatic rings. The molecule has 0 radical (unpaired) electrons. The van der Waals surface area contributed by atoms with Gasteiger partial charge in [-0.15, -0.1) is 0 Å². The number of hydrogen-bond acceptors (Lipinski definition) is 4. The highest BCUT2D eigenvalue weighted by Crippen LogP contribution is 2.59. The first-order chi connectivity index (χ1) is 14.1. The minimum atomic E-state index is -3.83. The molecular formula is C21H21BrClNO4S2. The number of nitrogens with zero attached hydrogens (tertiary/aromatic N) is 1. The summed E-state index contributed by atoms with van der Waals surface area (Å²) in [6.07, 6.45) is 2.82. The molecule has 5 rings (SSSR count). The van der Waals surface area contributed by atoms with Gasteiger partial charge in [0.05, 0.1) is 28.1 Å². The van der Waals surface area contributed by atoms with Gasteiger partial charge in [0, 0.05) is 14.9 Å². The van der Waals surface area contributed by atoms with E-state index in [1.165, 1.54) is 12.1 Å². The first-order valence-electron chi connectivity index (χ1n) is 9.95. The molecule has 2 aromatic carbocycles. The Morgan fingerprint density at radius 1 is 1.03 bits per heavy atom. The summed E-state index contributed by atoms with van der Waals surface area (Å²) in [5.41, 5.74) is 1.14. The largest absolute Gasteiger partial charge is 0.264 e. The fourth-order valence-corrected chi connectivity index (χ4v) is 8.99. The Kier molecular flexibility index (Phi) is 4.82. The number of anilines is 1. The SMILES string of the molecule is O=S1(=O)CCC2(CC1)c1cc(Br)ccc1N(S(=O)(=O)c1ccc(Cl)cc1)C2C1CC1. The molecule has 0 amide bonds. The summed E-state index contributed by atoms with van der Waals surface area (Å²) < 4.78 is 54.6. The first-order valence-corrected chi connectivity index (χ1v) is 14.4. The van der Waals surface area contributed by atoms with Crippen LogP contribution in [-0.2, 0) is 25.3 Å². The van der Waals surface area contributed by atoms with Crippen LogP contribution in [0.1, 0.15) is 31.2 Å². The Hall–Kier alpha value is -1.09. The van der Waals surface area contributed by atoms with Crippen molar-refractivity contribution in [2.45, 2.75) is 42.0 Å². The van der Waals surface area contributed by atoms with E-state index < -0.39 is 25.3 Å². The summed E-state index contributed by atoms with van der Waals surface area (Å²) in [7, 11) is -6.92. The summed E-state index contributed by atoms with van der Waals surface area (Å²) in [5.74, 6) is 0.424. The molecule has 1 atom stereocenters. The monoisotopic (exact) mass is 529 g/mol. The van der Waals surface area contributed by atoms with E-state index in [1.54, 1.807) is 16.4 Å². The van der Waals surface area contributed by atoms with E-state index in [4.69, 9.17) is 11.6 Å². The fraction of sp³-hybridized carbons (Fsp3) is 0.429. The van der Waals surface area contributed by atoms with Crippen molar-refractivity contribution in [2.24, 2.45) is 5.92 Å². The number of halogens is 2. The Balaban J connectivity index is 1.71. The Labute approximate surface area is 190 Å². The molecule has 2 heterocycles. The van der Waals surface area contributed by atoms with Gasteiger partial charge in [0.1, 0.15) is 9.84 Å². The van der Waals surface area contributed by atoms with Crippen LogP contribution in [0.15, 0.2) is 51.8 Å². The molecule has 9 heteroatoms. The Bertz CT molecular complexity index is 1210. The average molecular weight is 531 g/mol. The van der Waals surface area contributed by atoms with Gasteiger partial charge in [0.15, 0.2) is 0 Å². The van der Waals surface area contributed by atoms with Crippen molar-refractivity contribution in [2.75, 3.05) is 15.8 Å². The van der Waals surface area contributed by atoms with Crippen LogP contribution in [0.2, 0.25) is 5.02 Å². The van der Waals surface area contributed by atoms with Crippen LogP contribution in [0.4, 0.5) is 5.69 Å². The second kappa shape index (κ2) is 6.95. The molecular weight excluding hydrogens is 510 g/mol. The number of sulfone groups is 1. The standard InChI is InChI=1S/C21H21BrClNO4S2/c22-15-3-8-19-18(13-15)21(9-11-29(25,26)12-10-21)20(14-1-2-14)24(19)30(27,28)17-6-4-16(23)5-7-17/h3-8,13-14,20H,1-2,9-12H2. The number of rotatable bonds is 3. The maximum atomic E-state index is 13.8. The maximum Gasteiger partial charge on any atom is 0.264 e. The minimum absolute atomic E-state index is 0.0943. The van der Waals surface area contributed by atoms with Crippen molar-refractivity contribution in [1.29, 1.82) is 0 Å². The molecule has 30 heavy (non-hydrogen) atoms. The third kappa shape index (κ3) is 3.22. The van der Waals surface area contributed by atoms with Crippen molar-refractivity contribution < 1.29 is 16.8 Å². The van der Waals surface area contributed by atoms with Crippen LogP contribution in [0.3, 0.4) is 0 Å². The summed E-state index contributed by atoms with van der Waals surface area (Å²) in [6, 6.07) is 11.7. The van der Waals surface area contributed by atoms with Gasteiger partial charge < -0.3 is 0 Å². The lowest BCUT2D eigenvalue weighted by molar-refractivity contribution is 0.308. The van der Waals surface area contributed by atoms with Crippen LogP contribution < -0.4 is 4.31 Å². The van der Waals surface area contributed by atoms with Crippen molar-refractivity contribution in [3.05, 3.63) is 57.5 Å². The average Bonchev–Trinajstić information content (AvgIpc) is 3.49. The van der Waals surface area contributed by atoms with Crippen LogP contribution >= 0.6 is 27.5 Å². The molecule has 1 spiro atoms. The summed E-state index contributed by atoms with van der Waals surface area (Å²) in [5, 5.41) is 0.479. The molecule has 1 saturated carbocycles. The van der Waals surface area contributed by atoms with Gasteiger partial charge in [-0.1, -0.05) is 27.5 Å². The molecule has 1 unspecified atom stereocenters. The highest BCUT2D eigenvalue weighted by Gasteiger charge is 2.60. The van der Waals surface area contributed by atoms with Gasteiger partial charge in [0.2, 0.25) is 0 Å².